The Morgan fingerprint density at radius 2 is 2.40 bits per heavy atom. The van der Waals surface area contributed by atoms with Gasteiger partial charge in [-0.05, 0) is 63.4 Å². The molecule has 1 aromatic carbocycles. The molecule has 2 N–H and O–H groups in total. The molecule has 4 nitrogen and oxygen atoms in total. The highest BCUT2D eigenvalue weighted by molar-refractivity contribution is 5.80. The van der Waals surface area contributed by atoms with Crippen molar-refractivity contribution < 1.29 is 9.53 Å². The third-order valence-electron chi connectivity index (χ3n) is 3.69. The van der Waals surface area contributed by atoms with E-state index in [4.69, 9.17) is 4.74 Å². The molecule has 1 fully saturated rings. The molecule has 1 aliphatic heterocycles. The number of rotatable bonds is 6. The van der Waals surface area contributed by atoms with Crippen molar-refractivity contribution >= 4 is 5.91 Å². The maximum absolute atomic E-state index is 12.0. The smallest absolute Gasteiger partial charge is 0.260 e. The van der Waals surface area contributed by atoms with E-state index >= 15 is 0 Å². The van der Waals surface area contributed by atoms with Crippen LogP contribution in [0.5, 0.6) is 5.75 Å². The molecule has 1 saturated heterocycles. The van der Waals surface area contributed by atoms with Gasteiger partial charge < -0.3 is 15.4 Å². The molecule has 1 aromatic rings. The quantitative estimate of drug-likeness (QED) is 0.834. The lowest BCUT2D eigenvalue weighted by Crippen LogP contribution is -2.37. The predicted octanol–water partition coefficient (Wildman–Crippen LogP) is 1.88. The van der Waals surface area contributed by atoms with Gasteiger partial charge in [0.1, 0.15) is 5.75 Å². The van der Waals surface area contributed by atoms with E-state index in [-0.39, 0.29) is 5.91 Å². The number of nitrogens with one attached hydrogen (secondary N) is 2. The van der Waals surface area contributed by atoms with E-state index in [2.05, 4.69) is 10.6 Å². The summed E-state index contributed by atoms with van der Waals surface area (Å²) in [6.45, 7) is 6.70. The molecule has 1 aliphatic rings. The summed E-state index contributed by atoms with van der Waals surface area (Å²) in [7, 11) is 0. The maximum Gasteiger partial charge on any atom is 0.260 e. The minimum absolute atomic E-state index is 0.0440. The second-order valence-electron chi connectivity index (χ2n) is 5.52. The highest BCUT2D eigenvalue weighted by Crippen LogP contribution is 2.14. The number of hydrogen-bond donors (Lipinski definition) is 2. The molecule has 4 heteroatoms. The average Bonchev–Trinajstić information content (AvgIpc) is 2.91. The molecule has 20 heavy (non-hydrogen) atoms. The van der Waals surface area contributed by atoms with Crippen LogP contribution in [0.1, 0.15) is 25.3 Å². The van der Waals surface area contributed by atoms with Crippen molar-refractivity contribution in [3.63, 3.8) is 0 Å². The fraction of sp³-hybridized carbons (Fsp3) is 0.562. The zero-order valence-electron chi connectivity index (χ0n) is 12.3. The second-order valence-corrected chi connectivity index (χ2v) is 5.52. The molecule has 1 amide bonds. The number of carbonyl (C=O) groups is 1. The first kappa shape index (κ1) is 14.9. The fourth-order valence-electron chi connectivity index (χ4n) is 2.45. The third kappa shape index (κ3) is 4.53. The molecule has 2 unspecified atom stereocenters. The molecule has 1 heterocycles. The first-order valence-corrected chi connectivity index (χ1v) is 7.37. The van der Waals surface area contributed by atoms with Gasteiger partial charge in [0.15, 0.2) is 6.10 Å². The van der Waals surface area contributed by atoms with Crippen molar-refractivity contribution in [1.29, 1.82) is 0 Å². The van der Waals surface area contributed by atoms with Crippen LogP contribution >= 0.6 is 0 Å². The lowest BCUT2D eigenvalue weighted by molar-refractivity contribution is -0.127. The van der Waals surface area contributed by atoms with Crippen LogP contribution in [0.3, 0.4) is 0 Å². The summed E-state index contributed by atoms with van der Waals surface area (Å²) in [6.07, 6.45) is 1.79. The number of benzene rings is 1. The van der Waals surface area contributed by atoms with Crippen LogP contribution in [-0.4, -0.2) is 31.6 Å². The van der Waals surface area contributed by atoms with Crippen LogP contribution in [0.15, 0.2) is 24.3 Å². The van der Waals surface area contributed by atoms with E-state index in [0.717, 1.165) is 37.4 Å². The highest BCUT2D eigenvalue weighted by Gasteiger charge is 2.17. The largest absolute Gasteiger partial charge is 0.481 e. The summed E-state index contributed by atoms with van der Waals surface area (Å²) >= 11 is 0. The molecule has 0 saturated carbocycles. The Morgan fingerprint density at radius 1 is 1.55 bits per heavy atom. The Morgan fingerprint density at radius 3 is 3.10 bits per heavy atom. The number of hydrogen-bond acceptors (Lipinski definition) is 3. The summed E-state index contributed by atoms with van der Waals surface area (Å²) in [6, 6.07) is 7.75. The zero-order chi connectivity index (χ0) is 14.4. The Hall–Kier alpha value is -1.55. The second kappa shape index (κ2) is 7.29. The number of carbonyl (C=O) groups excluding carboxylic acids is 1. The molecule has 0 bridgehead atoms. The van der Waals surface area contributed by atoms with E-state index in [0.29, 0.717) is 5.92 Å². The summed E-state index contributed by atoms with van der Waals surface area (Å²) in [5, 5.41) is 6.29. The molecule has 2 rings (SSSR count). The summed E-state index contributed by atoms with van der Waals surface area (Å²) in [5.41, 5.74) is 1.13. The van der Waals surface area contributed by atoms with Crippen molar-refractivity contribution in [2.24, 2.45) is 5.92 Å². The molecule has 0 spiro atoms. The first-order valence-electron chi connectivity index (χ1n) is 7.37. The number of aryl methyl sites for hydroxylation is 1. The van der Waals surface area contributed by atoms with Crippen LogP contribution in [0.25, 0.3) is 0 Å². The zero-order valence-corrected chi connectivity index (χ0v) is 12.3. The van der Waals surface area contributed by atoms with Crippen molar-refractivity contribution in [3.8, 4) is 5.75 Å². The van der Waals surface area contributed by atoms with Gasteiger partial charge in [-0.15, -0.1) is 0 Å². The van der Waals surface area contributed by atoms with Gasteiger partial charge in [0, 0.05) is 6.54 Å². The summed E-state index contributed by atoms with van der Waals surface area (Å²) < 4.78 is 5.66. The van der Waals surface area contributed by atoms with Crippen molar-refractivity contribution in [1.82, 2.24) is 10.6 Å². The third-order valence-corrected chi connectivity index (χ3v) is 3.69. The van der Waals surface area contributed by atoms with E-state index in [1.54, 1.807) is 6.92 Å². The van der Waals surface area contributed by atoms with E-state index in [1.807, 2.05) is 31.2 Å². The maximum atomic E-state index is 12.0. The van der Waals surface area contributed by atoms with E-state index in [9.17, 15) is 4.79 Å². The van der Waals surface area contributed by atoms with E-state index in [1.165, 1.54) is 6.42 Å². The van der Waals surface area contributed by atoms with Crippen molar-refractivity contribution in [2.45, 2.75) is 32.8 Å². The van der Waals surface area contributed by atoms with Crippen molar-refractivity contribution in [2.75, 3.05) is 19.6 Å². The summed E-state index contributed by atoms with van der Waals surface area (Å²) in [4.78, 5) is 12.0. The monoisotopic (exact) mass is 276 g/mol. The average molecular weight is 276 g/mol. The van der Waals surface area contributed by atoms with Gasteiger partial charge in [-0.25, -0.2) is 0 Å². The van der Waals surface area contributed by atoms with Gasteiger partial charge in [0.05, 0.1) is 0 Å². The van der Waals surface area contributed by atoms with Gasteiger partial charge in [0.2, 0.25) is 0 Å². The topological polar surface area (TPSA) is 50.4 Å². The van der Waals surface area contributed by atoms with Gasteiger partial charge >= 0.3 is 0 Å². The van der Waals surface area contributed by atoms with Gasteiger partial charge in [-0.1, -0.05) is 12.1 Å². The Kier molecular flexibility index (Phi) is 5.41. The standard InChI is InChI=1S/C16H24N2O2/c1-12-4-3-5-15(10-12)20-13(2)16(19)18-9-7-14-6-8-17-11-14/h3-5,10,13-14,17H,6-9,11H2,1-2H3,(H,18,19). The molecule has 2 atom stereocenters. The molecular formula is C16H24N2O2. The molecular weight excluding hydrogens is 252 g/mol. The molecule has 110 valence electrons. The number of amides is 1. The Bertz CT molecular complexity index is 442. The van der Waals surface area contributed by atoms with Gasteiger partial charge in [0.25, 0.3) is 5.91 Å². The van der Waals surface area contributed by atoms with Gasteiger partial charge in [-0.3, -0.25) is 4.79 Å². The SMILES string of the molecule is Cc1cccc(OC(C)C(=O)NCCC2CCNC2)c1. The van der Waals surface area contributed by atoms with Crippen LogP contribution in [-0.2, 0) is 4.79 Å². The minimum atomic E-state index is -0.460. The summed E-state index contributed by atoms with van der Waals surface area (Å²) in [5.74, 6) is 1.40. The predicted molar refractivity (Wildman–Crippen MR) is 79.9 cm³/mol. The first-order chi connectivity index (χ1) is 9.65. The minimum Gasteiger partial charge on any atom is -0.481 e. The van der Waals surface area contributed by atoms with Crippen LogP contribution in [0, 0.1) is 12.8 Å². The van der Waals surface area contributed by atoms with Crippen LogP contribution in [0.2, 0.25) is 0 Å². The lowest BCUT2D eigenvalue weighted by atomic mass is 10.1. The molecule has 0 radical (unpaired) electrons. The van der Waals surface area contributed by atoms with Crippen LogP contribution in [0.4, 0.5) is 0 Å². The highest BCUT2D eigenvalue weighted by atomic mass is 16.5. The number of ether oxygens (including phenoxy) is 1. The van der Waals surface area contributed by atoms with Gasteiger partial charge in [-0.2, -0.15) is 0 Å². The van der Waals surface area contributed by atoms with E-state index < -0.39 is 6.10 Å². The normalized spacial score (nSPS) is 19.6. The fourth-order valence-corrected chi connectivity index (χ4v) is 2.45. The molecule has 0 aliphatic carbocycles. The molecule has 0 aromatic heterocycles. The van der Waals surface area contributed by atoms with Crippen LogP contribution < -0.4 is 15.4 Å². The van der Waals surface area contributed by atoms with Crippen molar-refractivity contribution in [3.05, 3.63) is 29.8 Å². The lowest BCUT2D eigenvalue weighted by Gasteiger charge is -2.16. The Labute approximate surface area is 120 Å². The Balaban J connectivity index is 1.71.